The first-order chi connectivity index (χ1) is 18.0. The molecule has 240 valence electrons. The highest BCUT2D eigenvalue weighted by Gasteiger charge is 3.08. The number of hydrogen-bond donors (Lipinski definition) is 0. The van der Waals surface area contributed by atoms with Gasteiger partial charge in [-0.1, -0.05) is 195 Å². The van der Waals surface area contributed by atoms with Crippen LogP contribution < -0.4 is 0 Å². The zero-order valence-corrected chi connectivity index (χ0v) is 37.0. The lowest BCUT2D eigenvalue weighted by molar-refractivity contribution is 0.187. The van der Waals surface area contributed by atoms with Crippen LogP contribution in [0.1, 0.15) is 125 Å². The molecule has 0 aromatic heterocycles. The van der Waals surface area contributed by atoms with Gasteiger partial charge in [0.2, 0.25) is 0 Å². The molecule has 0 unspecified atom stereocenters. The number of hydrogen-bond acceptors (Lipinski definition) is 0. The Balaban J connectivity index is 2.52. The summed E-state index contributed by atoms with van der Waals surface area (Å²) >= 11 is 0. The molecule has 1 saturated heterocycles. The Bertz CT molecular complexity index is 1220. The van der Waals surface area contributed by atoms with Crippen LogP contribution in [-0.2, 0) is 0 Å². The predicted octanol–water partition coefficient (Wildman–Crippen LogP) is 12.6. The van der Waals surface area contributed by atoms with Gasteiger partial charge in [-0.05, 0) is 32.5 Å². The van der Waals surface area contributed by atoms with E-state index in [4.69, 9.17) is 0 Å². The van der Waals surface area contributed by atoms with E-state index in [2.05, 4.69) is 174 Å². The fourth-order valence-corrected chi connectivity index (χ4v) is 59.8. The molecule has 0 aliphatic carbocycles. The van der Waals surface area contributed by atoms with Crippen molar-refractivity contribution in [2.24, 2.45) is 32.5 Å². The largest absolute Gasteiger partial charge is 0.127 e. The van der Waals surface area contributed by atoms with Gasteiger partial charge in [0.05, 0.1) is 16.1 Å². The van der Waals surface area contributed by atoms with Crippen molar-refractivity contribution in [2.75, 3.05) is 0 Å². The van der Waals surface area contributed by atoms with Crippen molar-refractivity contribution in [3.63, 3.8) is 0 Å². The molecule has 4 aliphatic rings. The van der Waals surface area contributed by atoms with Crippen molar-refractivity contribution in [1.82, 2.24) is 0 Å². The normalized spacial score (nSPS) is 32.0. The van der Waals surface area contributed by atoms with E-state index in [1.807, 2.05) is 21.5 Å². The van der Waals surface area contributed by atoms with Gasteiger partial charge in [-0.25, -0.2) is 0 Å². The molecule has 0 amide bonds. The van der Waals surface area contributed by atoms with Crippen LogP contribution in [0.2, 0.25) is 48.6 Å². The van der Waals surface area contributed by atoms with E-state index in [9.17, 15) is 0 Å². The molecule has 0 aromatic rings. The SMILES string of the molecule is CC(C)(C)C1=C(C(C)(C)C)[Si]23C(C(C)(C)C)=C(C(C)(C)C)[C@]2(C(C)(C)C)[Si]2(C([Si](C)(C)C)=C2[Si](C)(C)C)[C@@]13C(C)(C)C. The molecule has 4 heterocycles. The molecule has 4 heteroatoms. The fraction of sp³-hybridized carbons (Fsp3) is 0.842. The molecule has 0 saturated carbocycles. The Hall–Kier alpha value is 0.0875. The minimum absolute atomic E-state index is 0.177. The Labute approximate surface area is 268 Å². The number of rotatable bonds is 2. The second kappa shape index (κ2) is 8.14. The lowest BCUT2D eigenvalue weighted by atomic mass is 9.68. The zero-order valence-electron chi connectivity index (χ0n) is 33.0. The summed E-state index contributed by atoms with van der Waals surface area (Å²) in [5.41, 5.74) is 5.13. The molecule has 42 heavy (non-hydrogen) atoms. The number of fused-ring (bicyclic) bond motifs is 2. The lowest BCUT2D eigenvalue weighted by Crippen LogP contribution is -3.01. The smallest absolute Gasteiger partial charge is 0.0935 e. The van der Waals surface area contributed by atoms with Gasteiger partial charge in [-0.2, -0.15) is 0 Å². The summed E-state index contributed by atoms with van der Waals surface area (Å²) in [4.78, 5) is 4.35. The summed E-state index contributed by atoms with van der Waals surface area (Å²) in [6.45, 7) is 64.1. The third-order valence-corrected chi connectivity index (χ3v) is 41.2. The monoisotopic (exact) mass is 640 g/mol. The van der Waals surface area contributed by atoms with Crippen LogP contribution in [0.4, 0.5) is 0 Å². The molecule has 2 atom stereocenters. The minimum Gasteiger partial charge on any atom is -0.0935 e. The van der Waals surface area contributed by atoms with Crippen LogP contribution >= 0.6 is 0 Å². The lowest BCUT2D eigenvalue weighted by Gasteiger charge is -2.97. The molecular weight excluding hydrogens is 569 g/mol. The van der Waals surface area contributed by atoms with Gasteiger partial charge in [-0.3, -0.25) is 0 Å². The van der Waals surface area contributed by atoms with Crippen LogP contribution in [0.5, 0.6) is 0 Å². The number of allylic oxidation sites excluding steroid dienone is 4. The van der Waals surface area contributed by atoms with Gasteiger partial charge in [-0.15, -0.1) is 0 Å². The maximum absolute atomic E-state index is 2.74. The first-order valence-corrected chi connectivity index (χ1v) is 28.2. The van der Waals surface area contributed by atoms with Gasteiger partial charge in [0, 0.05) is 9.32 Å². The summed E-state index contributed by atoms with van der Waals surface area (Å²) in [5, 5.41) is 4.00. The van der Waals surface area contributed by atoms with Crippen LogP contribution in [0.15, 0.2) is 31.2 Å². The van der Waals surface area contributed by atoms with Crippen molar-refractivity contribution in [3.8, 4) is 0 Å². The highest BCUT2D eigenvalue weighted by molar-refractivity contribution is 7.48. The summed E-state index contributed by atoms with van der Waals surface area (Å²) in [5.74, 6) is 0. The summed E-state index contributed by atoms with van der Waals surface area (Å²) < 4.78 is 0.757. The third-order valence-electron chi connectivity index (χ3n) is 11.9. The Morgan fingerprint density at radius 3 is 0.762 bits per heavy atom. The zero-order chi connectivity index (χ0) is 33.5. The van der Waals surface area contributed by atoms with Crippen molar-refractivity contribution in [2.45, 2.75) is 173 Å². The maximum Gasteiger partial charge on any atom is 0.127 e. The van der Waals surface area contributed by atoms with Gasteiger partial charge in [0.25, 0.3) is 0 Å². The second-order valence-electron chi connectivity index (χ2n) is 23.2. The predicted molar refractivity (Wildman–Crippen MR) is 201 cm³/mol. The average Bonchev–Trinajstić information content (AvgIpc) is 3.25. The molecular formula is C38H72Si4. The molecule has 0 N–H and O–H groups in total. The highest BCUT2D eigenvalue weighted by Crippen LogP contribution is 3.07. The average molecular weight is 641 g/mol. The summed E-state index contributed by atoms with van der Waals surface area (Å²) in [6.07, 6.45) is 0. The molecule has 4 aliphatic heterocycles. The van der Waals surface area contributed by atoms with Crippen LogP contribution in [0, 0.1) is 32.5 Å². The summed E-state index contributed by atoms with van der Waals surface area (Å²) in [7, 11) is -7.57. The van der Waals surface area contributed by atoms with Crippen LogP contribution in [-0.4, -0.2) is 32.3 Å². The standard InChI is InChI=1S/C38H72Si4/c1-31(2,3)25-27(33(7,8)9)41-28(34(10,11)12)26(32(4,5)6)38(41,36(16,17)18)42(37(25,41)35(13,14)15)29(39(19,20)21)30(42)40(22,23)24/h1-24H3/t37-,38-,41?/m1/s1. The van der Waals surface area contributed by atoms with Gasteiger partial charge in [0.15, 0.2) is 0 Å². The third kappa shape index (κ3) is 3.31. The van der Waals surface area contributed by atoms with E-state index < -0.39 is 32.3 Å². The van der Waals surface area contributed by atoms with Gasteiger partial charge >= 0.3 is 0 Å². The van der Waals surface area contributed by atoms with E-state index in [1.54, 1.807) is 0 Å². The molecule has 2 spiro atoms. The molecule has 1 fully saturated rings. The Morgan fingerprint density at radius 1 is 0.381 bits per heavy atom. The van der Waals surface area contributed by atoms with E-state index >= 15 is 0 Å². The first kappa shape index (κ1) is 35.0. The summed E-state index contributed by atoms with van der Waals surface area (Å²) in [6, 6.07) is 0. The van der Waals surface area contributed by atoms with E-state index in [-0.39, 0.29) is 32.5 Å². The van der Waals surface area contributed by atoms with Crippen molar-refractivity contribution in [3.05, 3.63) is 31.2 Å². The Morgan fingerprint density at radius 2 is 0.619 bits per heavy atom. The Kier molecular flexibility index (Phi) is 6.77. The highest BCUT2D eigenvalue weighted by atomic mass is 28.5. The van der Waals surface area contributed by atoms with E-state index in [1.165, 1.54) is 0 Å². The molecule has 0 aromatic carbocycles. The minimum atomic E-state index is -2.23. The first-order valence-electron chi connectivity index (χ1n) is 17.2. The van der Waals surface area contributed by atoms with Gasteiger partial charge in [0.1, 0.15) is 16.1 Å². The van der Waals surface area contributed by atoms with Crippen LogP contribution in [0.25, 0.3) is 0 Å². The van der Waals surface area contributed by atoms with Crippen molar-refractivity contribution >= 4 is 32.3 Å². The second-order valence-corrected chi connectivity index (χ2v) is 43.2. The molecule has 4 rings (SSSR count). The van der Waals surface area contributed by atoms with Gasteiger partial charge < -0.3 is 0 Å². The molecule has 0 nitrogen and oxygen atoms in total. The molecule has 0 bridgehead atoms. The van der Waals surface area contributed by atoms with E-state index in [0.29, 0.717) is 9.32 Å². The quantitative estimate of drug-likeness (QED) is 0.263. The van der Waals surface area contributed by atoms with Crippen molar-refractivity contribution in [1.29, 1.82) is 0 Å². The fourth-order valence-electron chi connectivity index (χ4n) is 13.0. The van der Waals surface area contributed by atoms with Crippen LogP contribution in [0.3, 0.4) is 0 Å². The van der Waals surface area contributed by atoms with Crippen molar-refractivity contribution < 1.29 is 0 Å². The maximum atomic E-state index is 2.74. The topological polar surface area (TPSA) is 0 Å². The van der Waals surface area contributed by atoms with E-state index in [0.717, 1.165) is 0 Å². The molecule has 0 radical (unpaired) electrons.